The van der Waals surface area contributed by atoms with Crippen LogP contribution in [-0.4, -0.2) is 44.3 Å². The quantitative estimate of drug-likeness (QED) is 0.675. The zero-order valence-electron chi connectivity index (χ0n) is 17.4. The van der Waals surface area contributed by atoms with Gasteiger partial charge in [0, 0.05) is 32.1 Å². The summed E-state index contributed by atoms with van der Waals surface area (Å²) in [6, 6.07) is 8.42. The van der Waals surface area contributed by atoms with Crippen LogP contribution in [0.2, 0.25) is 0 Å². The minimum Gasteiger partial charge on any atom is -0.441 e. The molecule has 2 aromatic heterocycles. The van der Waals surface area contributed by atoms with E-state index in [0.717, 1.165) is 43.7 Å². The third kappa shape index (κ3) is 3.87. The summed E-state index contributed by atoms with van der Waals surface area (Å²) in [6.07, 6.45) is 8.60. The Kier molecular flexibility index (Phi) is 4.88. The van der Waals surface area contributed by atoms with Gasteiger partial charge in [-0.05, 0) is 43.7 Å². The lowest BCUT2D eigenvalue weighted by molar-refractivity contribution is 0.0148. The van der Waals surface area contributed by atoms with Crippen molar-refractivity contribution in [2.75, 3.05) is 23.3 Å². The van der Waals surface area contributed by atoms with Crippen molar-refractivity contribution in [3.8, 4) is 5.69 Å². The molecule has 3 heterocycles. The van der Waals surface area contributed by atoms with E-state index in [2.05, 4.69) is 15.5 Å². The van der Waals surface area contributed by atoms with Crippen LogP contribution >= 0.6 is 0 Å². The number of anilines is 2. The first-order valence-corrected chi connectivity index (χ1v) is 10.5. The van der Waals surface area contributed by atoms with Gasteiger partial charge in [-0.3, -0.25) is 9.58 Å². The Bertz CT molecular complexity index is 1090. The Hall–Kier alpha value is -3.36. The van der Waals surface area contributed by atoms with Crippen LogP contribution in [0.15, 0.2) is 48.9 Å². The summed E-state index contributed by atoms with van der Waals surface area (Å²) in [5.41, 5.74) is 0.797. The van der Waals surface area contributed by atoms with E-state index in [1.807, 2.05) is 19.3 Å². The van der Waals surface area contributed by atoms with E-state index in [9.17, 15) is 9.18 Å². The molecule has 0 bridgehead atoms. The number of halogens is 1. The number of para-hydroxylation sites is 1. The summed E-state index contributed by atoms with van der Waals surface area (Å²) in [7, 11) is 1.83. The van der Waals surface area contributed by atoms with Crippen LogP contribution in [0.5, 0.6) is 0 Å². The molecule has 1 spiro atoms. The molecular formula is C22H25FN6O2. The standard InChI is InChI=1S/C22H25FN6O2/c1-27-14-17(13-25-27)28-15-22(31-21(28)30)9-6-16(7-10-22)12-24-20-8-11-29(26-20)19-5-3-2-4-18(19)23/h2-5,8,11,13-14,16H,6-7,9-10,12,15H2,1H3,(H,24,26)/t16-,22-. The Morgan fingerprint density at radius 2 is 2.06 bits per heavy atom. The van der Waals surface area contributed by atoms with Gasteiger partial charge in [0.1, 0.15) is 22.9 Å². The summed E-state index contributed by atoms with van der Waals surface area (Å²) < 4.78 is 23.0. The highest BCUT2D eigenvalue weighted by Crippen LogP contribution is 2.40. The molecular weight excluding hydrogens is 399 g/mol. The molecule has 9 heteroatoms. The second-order valence-electron chi connectivity index (χ2n) is 8.43. The molecule has 1 N–H and O–H groups in total. The van der Waals surface area contributed by atoms with Crippen LogP contribution in [0.25, 0.3) is 5.69 Å². The van der Waals surface area contributed by atoms with Gasteiger partial charge in [-0.15, -0.1) is 0 Å². The number of carbonyl (C=O) groups excluding carboxylic acids is 1. The van der Waals surface area contributed by atoms with E-state index in [4.69, 9.17) is 4.74 Å². The molecule has 0 atom stereocenters. The predicted molar refractivity (Wildman–Crippen MR) is 114 cm³/mol. The summed E-state index contributed by atoms with van der Waals surface area (Å²) in [4.78, 5) is 14.1. The number of nitrogens with zero attached hydrogens (tertiary/aromatic N) is 5. The van der Waals surface area contributed by atoms with Gasteiger partial charge in [0.15, 0.2) is 0 Å². The van der Waals surface area contributed by atoms with E-state index in [0.29, 0.717) is 18.2 Å². The van der Waals surface area contributed by atoms with E-state index in [-0.39, 0.29) is 11.9 Å². The zero-order valence-corrected chi connectivity index (χ0v) is 17.4. The number of rotatable bonds is 5. The number of aromatic nitrogens is 4. The highest BCUT2D eigenvalue weighted by Gasteiger charge is 2.47. The number of benzene rings is 1. The molecule has 1 saturated heterocycles. The molecule has 0 radical (unpaired) electrons. The molecule has 31 heavy (non-hydrogen) atoms. The van der Waals surface area contributed by atoms with Gasteiger partial charge in [-0.1, -0.05) is 12.1 Å². The normalized spacial score (nSPS) is 23.4. The molecule has 162 valence electrons. The number of ether oxygens (including phenoxy) is 1. The fourth-order valence-corrected chi connectivity index (χ4v) is 4.48. The van der Waals surface area contributed by atoms with Gasteiger partial charge in [-0.2, -0.15) is 10.2 Å². The Labute approximate surface area is 179 Å². The number of hydrogen-bond donors (Lipinski definition) is 1. The fraction of sp³-hybridized carbons (Fsp3) is 0.409. The highest BCUT2D eigenvalue weighted by molar-refractivity contribution is 5.90. The topological polar surface area (TPSA) is 77.2 Å². The lowest BCUT2D eigenvalue weighted by atomic mass is 9.78. The van der Waals surface area contributed by atoms with Crippen molar-refractivity contribution < 1.29 is 13.9 Å². The zero-order chi connectivity index (χ0) is 21.4. The summed E-state index contributed by atoms with van der Waals surface area (Å²) in [6.45, 7) is 1.36. The van der Waals surface area contributed by atoms with Gasteiger partial charge in [0.05, 0.1) is 18.4 Å². The predicted octanol–water partition coefficient (Wildman–Crippen LogP) is 3.74. The molecule has 1 aliphatic heterocycles. The molecule has 1 amide bonds. The van der Waals surface area contributed by atoms with Crippen molar-refractivity contribution in [1.82, 2.24) is 19.6 Å². The highest BCUT2D eigenvalue weighted by atomic mass is 19.1. The first kappa shape index (κ1) is 19.6. The first-order chi connectivity index (χ1) is 15.0. The van der Waals surface area contributed by atoms with Gasteiger partial charge in [0.2, 0.25) is 0 Å². The average molecular weight is 424 g/mol. The Morgan fingerprint density at radius 1 is 1.26 bits per heavy atom. The van der Waals surface area contributed by atoms with E-state index < -0.39 is 5.60 Å². The van der Waals surface area contributed by atoms with E-state index in [1.54, 1.807) is 44.9 Å². The summed E-state index contributed by atoms with van der Waals surface area (Å²) in [5.74, 6) is 0.884. The van der Waals surface area contributed by atoms with Gasteiger partial charge >= 0.3 is 6.09 Å². The average Bonchev–Trinajstić information content (AvgIpc) is 3.48. The maximum Gasteiger partial charge on any atom is 0.415 e. The maximum atomic E-state index is 13.9. The maximum absolute atomic E-state index is 13.9. The van der Waals surface area contributed by atoms with Gasteiger partial charge in [-0.25, -0.2) is 13.9 Å². The lowest BCUT2D eigenvalue weighted by Crippen LogP contribution is -2.39. The smallest absolute Gasteiger partial charge is 0.415 e. The monoisotopic (exact) mass is 424 g/mol. The van der Waals surface area contributed by atoms with Crippen LogP contribution in [0.4, 0.5) is 20.7 Å². The van der Waals surface area contributed by atoms with Crippen molar-refractivity contribution in [3.63, 3.8) is 0 Å². The Morgan fingerprint density at radius 3 is 2.81 bits per heavy atom. The third-order valence-electron chi connectivity index (χ3n) is 6.25. The number of hydrogen-bond acceptors (Lipinski definition) is 5. The molecule has 2 fully saturated rings. The number of amides is 1. The molecule has 1 aliphatic carbocycles. The van der Waals surface area contributed by atoms with Crippen LogP contribution in [0.3, 0.4) is 0 Å². The number of nitrogens with one attached hydrogen (secondary N) is 1. The second kappa shape index (κ2) is 7.72. The number of carbonyl (C=O) groups is 1. The van der Waals surface area contributed by atoms with E-state index in [1.165, 1.54) is 6.07 Å². The van der Waals surface area contributed by atoms with Crippen LogP contribution in [0, 0.1) is 11.7 Å². The summed E-state index contributed by atoms with van der Waals surface area (Å²) >= 11 is 0. The van der Waals surface area contributed by atoms with Crippen LogP contribution in [-0.2, 0) is 11.8 Å². The first-order valence-electron chi connectivity index (χ1n) is 10.5. The van der Waals surface area contributed by atoms with Crippen molar-refractivity contribution in [2.24, 2.45) is 13.0 Å². The van der Waals surface area contributed by atoms with Crippen molar-refractivity contribution in [3.05, 3.63) is 54.7 Å². The molecule has 2 aliphatic rings. The van der Waals surface area contributed by atoms with Crippen LogP contribution in [0.1, 0.15) is 25.7 Å². The SMILES string of the molecule is Cn1cc(N2C[C@]3(CC[C@@H](CNc4ccn(-c5ccccc5F)n4)CC3)OC2=O)cn1. The second-order valence-corrected chi connectivity index (χ2v) is 8.43. The minimum atomic E-state index is -0.407. The van der Waals surface area contributed by atoms with Gasteiger partial charge in [0.25, 0.3) is 0 Å². The lowest BCUT2D eigenvalue weighted by Gasteiger charge is -2.35. The van der Waals surface area contributed by atoms with Crippen molar-refractivity contribution >= 4 is 17.6 Å². The molecule has 1 saturated carbocycles. The largest absolute Gasteiger partial charge is 0.441 e. The fourth-order valence-electron chi connectivity index (χ4n) is 4.48. The third-order valence-corrected chi connectivity index (χ3v) is 6.25. The molecule has 5 rings (SSSR count). The number of aryl methyl sites for hydroxylation is 1. The summed E-state index contributed by atoms with van der Waals surface area (Å²) in [5, 5.41) is 12.0. The molecule has 0 unspecified atom stereocenters. The van der Waals surface area contributed by atoms with Gasteiger partial charge < -0.3 is 10.1 Å². The van der Waals surface area contributed by atoms with E-state index >= 15 is 0 Å². The minimum absolute atomic E-state index is 0.289. The molecule has 1 aromatic carbocycles. The Balaban J connectivity index is 1.15. The van der Waals surface area contributed by atoms with Crippen molar-refractivity contribution in [1.29, 1.82) is 0 Å². The molecule has 3 aromatic rings. The van der Waals surface area contributed by atoms with Crippen LogP contribution < -0.4 is 10.2 Å². The molecule has 8 nitrogen and oxygen atoms in total. The van der Waals surface area contributed by atoms with Crippen molar-refractivity contribution in [2.45, 2.75) is 31.3 Å².